The van der Waals surface area contributed by atoms with Crippen molar-refractivity contribution in [2.24, 2.45) is 7.05 Å². The van der Waals surface area contributed by atoms with Gasteiger partial charge in [-0.2, -0.15) is 4.80 Å². The van der Waals surface area contributed by atoms with Gasteiger partial charge in [-0.1, -0.05) is 12.1 Å². The molecule has 2 rings (SSSR count). The molecule has 20 heavy (non-hydrogen) atoms. The monoisotopic (exact) mass is 338 g/mol. The molecule has 1 N–H and O–H groups in total. The van der Waals surface area contributed by atoms with Crippen LogP contribution in [0.5, 0.6) is 5.75 Å². The Labute approximate surface area is 123 Å². The number of nitrogens with zero attached hydrogens (tertiary/aromatic N) is 4. The van der Waals surface area contributed by atoms with Crippen molar-refractivity contribution in [2.45, 2.75) is 6.61 Å². The first-order valence-electron chi connectivity index (χ1n) is 5.61. The summed E-state index contributed by atoms with van der Waals surface area (Å²) in [6.45, 7) is 0.143. The fraction of sp³-hybridized carbons (Fsp3) is 0.167. The Kier molecular flexibility index (Phi) is 4.46. The third kappa shape index (κ3) is 3.64. The second-order valence-corrected chi connectivity index (χ2v) is 4.67. The van der Waals surface area contributed by atoms with Crippen molar-refractivity contribution in [3.05, 3.63) is 40.1 Å². The minimum Gasteiger partial charge on any atom is -0.484 e. The van der Waals surface area contributed by atoms with E-state index in [1.807, 2.05) is 0 Å². The normalized spacial score (nSPS) is 10.9. The molecule has 7 nitrogen and oxygen atoms in total. The van der Waals surface area contributed by atoms with Gasteiger partial charge in [0.05, 0.1) is 11.5 Å². The topological polar surface area (TPSA) is 90.1 Å². The van der Waals surface area contributed by atoms with Crippen molar-refractivity contribution < 1.29 is 14.6 Å². The Bertz CT molecular complexity index is 654. The molecule has 1 heterocycles. The van der Waals surface area contributed by atoms with Gasteiger partial charge in [-0.15, -0.1) is 10.2 Å². The zero-order valence-electron chi connectivity index (χ0n) is 10.5. The highest BCUT2D eigenvalue weighted by atomic mass is 79.9. The van der Waals surface area contributed by atoms with Crippen LogP contribution in [0, 0.1) is 0 Å². The number of benzene rings is 1. The number of halogens is 1. The van der Waals surface area contributed by atoms with Gasteiger partial charge in [0.15, 0.2) is 6.61 Å². The van der Waals surface area contributed by atoms with Crippen molar-refractivity contribution in [1.29, 1.82) is 0 Å². The third-order valence-corrected chi connectivity index (χ3v) is 2.92. The highest BCUT2D eigenvalue weighted by molar-refractivity contribution is 9.10. The molecule has 1 aromatic carbocycles. The molecule has 2 aromatic rings. The molecule has 0 aliphatic rings. The molecule has 1 aromatic heterocycles. The predicted molar refractivity (Wildman–Crippen MR) is 73.9 cm³/mol. The van der Waals surface area contributed by atoms with Crippen molar-refractivity contribution in [2.75, 3.05) is 0 Å². The molecule has 0 aliphatic heterocycles. The molecule has 0 atom stereocenters. The lowest BCUT2D eigenvalue weighted by molar-refractivity contribution is -0.131. The van der Waals surface area contributed by atoms with Crippen LogP contribution in [0.2, 0.25) is 0 Å². The number of carboxylic acids is 1. The summed E-state index contributed by atoms with van der Waals surface area (Å²) in [4.78, 5) is 11.9. The van der Waals surface area contributed by atoms with Crippen LogP contribution in [-0.2, 0) is 18.4 Å². The Hall–Kier alpha value is -2.22. The number of aliphatic carboxylic acids is 1. The second kappa shape index (κ2) is 6.29. The van der Waals surface area contributed by atoms with Crippen LogP contribution in [-0.4, -0.2) is 31.3 Å². The number of carboxylic acid groups (broad SMARTS) is 1. The van der Waals surface area contributed by atoms with E-state index in [2.05, 4.69) is 31.3 Å². The molecule has 0 bridgehead atoms. The van der Waals surface area contributed by atoms with Gasteiger partial charge in [-0.3, -0.25) is 0 Å². The molecule has 0 amide bonds. The van der Waals surface area contributed by atoms with E-state index in [1.165, 1.54) is 10.9 Å². The summed E-state index contributed by atoms with van der Waals surface area (Å²) < 4.78 is 6.35. The molecule has 0 fully saturated rings. The van der Waals surface area contributed by atoms with Gasteiger partial charge in [0.2, 0.25) is 5.82 Å². The lowest BCUT2D eigenvalue weighted by Gasteiger charge is -2.09. The smallest absolute Gasteiger partial charge is 0.328 e. The summed E-state index contributed by atoms with van der Waals surface area (Å²) in [5.41, 5.74) is 0.644. The number of hydrogen-bond donors (Lipinski definition) is 1. The minimum absolute atomic E-state index is 0.143. The fourth-order valence-electron chi connectivity index (χ4n) is 1.49. The molecule has 0 radical (unpaired) electrons. The van der Waals surface area contributed by atoms with Gasteiger partial charge in [0, 0.05) is 11.6 Å². The summed E-state index contributed by atoms with van der Waals surface area (Å²) in [5, 5.41) is 20.2. The Morgan fingerprint density at radius 3 is 3.00 bits per heavy atom. The summed E-state index contributed by atoms with van der Waals surface area (Å²) in [6.07, 6.45) is 2.52. The third-order valence-electron chi connectivity index (χ3n) is 2.30. The molecule has 104 valence electrons. The Balaban J connectivity index is 2.19. The molecule has 8 heteroatoms. The highest BCUT2D eigenvalue weighted by Crippen LogP contribution is 2.30. The Morgan fingerprint density at radius 2 is 2.35 bits per heavy atom. The average Bonchev–Trinajstić information content (AvgIpc) is 2.81. The van der Waals surface area contributed by atoms with E-state index in [1.54, 1.807) is 25.2 Å². The molecular formula is C12H11BrN4O3. The molecule has 0 aliphatic carbocycles. The van der Waals surface area contributed by atoms with Crippen LogP contribution >= 0.6 is 15.9 Å². The lowest BCUT2D eigenvalue weighted by Crippen LogP contribution is -2.01. The maximum atomic E-state index is 10.6. The van der Waals surface area contributed by atoms with E-state index in [4.69, 9.17) is 9.84 Å². The first-order valence-corrected chi connectivity index (χ1v) is 6.41. The number of hydrogen-bond acceptors (Lipinski definition) is 5. The van der Waals surface area contributed by atoms with Crippen molar-refractivity contribution in [1.82, 2.24) is 20.2 Å². The van der Waals surface area contributed by atoms with Gasteiger partial charge in [0.25, 0.3) is 0 Å². The van der Waals surface area contributed by atoms with Crippen molar-refractivity contribution >= 4 is 28.0 Å². The van der Waals surface area contributed by atoms with Gasteiger partial charge in [0.1, 0.15) is 5.75 Å². The first-order chi connectivity index (χ1) is 9.56. The van der Waals surface area contributed by atoms with Crippen molar-refractivity contribution in [3.63, 3.8) is 0 Å². The second-order valence-electron chi connectivity index (χ2n) is 3.81. The molecule has 0 unspecified atom stereocenters. The highest BCUT2D eigenvalue weighted by Gasteiger charge is 2.08. The van der Waals surface area contributed by atoms with Crippen LogP contribution < -0.4 is 4.74 Å². The number of ether oxygens (including phenoxy) is 1. The largest absolute Gasteiger partial charge is 0.484 e. The van der Waals surface area contributed by atoms with Crippen LogP contribution in [0.3, 0.4) is 0 Å². The fourth-order valence-corrected chi connectivity index (χ4v) is 1.98. The predicted octanol–water partition coefficient (Wildman–Crippen LogP) is 1.65. The zero-order chi connectivity index (χ0) is 14.5. The first kappa shape index (κ1) is 14.2. The van der Waals surface area contributed by atoms with Gasteiger partial charge < -0.3 is 9.84 Å². The summed E-state index contributed by atoms with van der Waals surface area (Å²) in [6, 6.07) is 5.35. The summed E-state index contributed by atoms with van der Waals surface area (Å²) in [7, 11) is 1.66. The number of rotatable bonds is 5. The van der Waals surface area contributed by atoms with Gasteiger partial charge >= 0.3 is 5.97 Å². The summed E-state index contributed by atoms with van der Waals surface area (Å²) >= 11 is 3.36. The minimum atomic E-state index is -1.02. The van der Waals surface area contributed by atoms with E-state index in [0.717, 1.165) is 6.08 Å². The van der Waals surface area contributed by atoms with Crippen LogP contribution in [0.4, 0.5) is 0 Å². The molecule has 0 saturated heterocycles. The number of aromatic nitrogens is 4. The van der Waals surface area contributed by atoms with E-state index < -0.39 is 5.97 Å². The van der Waals surface area contributed by atoms with E-state index in [-0.39, 0.29) is 6.61 Å². The van der Waals surface area contributed by atoms with E-state index in [0.29, 0.717) is 21.6 Å². The average molecular weight is 339 g/mol. The van der Waals surface area contributed by atoms with Crippen molar-refractivity contribution in [3.8, 4) is 5.75 Å². The van der Waals surface area contributed by atoms with Crippen LogP contribution in [0.15, 0.2) is 28.7 Å². The Morgan fingerprint density at radius 1 is 1.55 bits per heavy atom. The number of aryl methyl sites for hydroxylation is 1. The standard InChI is InChI=1S/C12H11BrN4O3/c1-17-15-10(14-16-17)7-20-12-8(5-6-11(18)19)3-2-4-9(12)13/h2-6H,7H2,1H3,(H,18,19)/b6-5+. The van der Waals surface area contributed by atoms with Crippen LogP contribution in [0.1, 0.15) is 11.4 Å². The van der Waals surface area contributed by atoms with Gasteiger partial charge in [-0.05, 0) is 33.3 Å². The van der Waals surface area contributed by atoms with E-state index in [9.17, 15) is 4.79 Å². The maximum absolute atomic E-state index is 10.6. The molecular weight excluding hydrogens is 328 g/mol. The SMILES string of the molecule is Cn1nnc(COc2c(Br)cccc2/C=C/C(=O)O)n1. The molecule has 0 spiro atoms. The number of para-hydroxylation sites is 1. The zero-order valence-corrected chi connectivity index (χ0v) is 12.1. The van der Waals surface area contributed by atoms with E-state index >= 15 is 0 Å². The summed E-state index contributed by atoms with van der Waals surface area (Å²) in [5.74, 6) is -0.0552. The van der Waals surface area contributed by atoms with Gasteiger partial charge in [-0.25, -0.2) is 4.79 Å². The lowest BCUT2D eigenvalue weighted by atomic mass is 10.2. The quantitative estimate of drug-likeness (QED) is 0.833. The number of carbonyl (C=O) groups is 1. The van der Waals surface area contributed by atoms with Crippen LogP contribution in [0.25, 0.3) is 6.08 Å². The molecule has 0 saturated carbocycles. The number of tetrazole rings is 1. The maximum Gasteiger partial charge on any atom is 0.328 e.